The normalized spacial score (nSPS) is 12.6. The van der Waals surface area contributed by atoms with Crippen molar-refractivity contribution in [2.24, 2.45) is 0 Å². The Hall–Kier alpha value is -1.89. The Bertz CT molecular complexity index is 820. The van der Waals surface area contributed by atoms with E-state index in [9.17, 15) is 13.2 Å². The molecule has 7 heteroatoms. The number of anilines is 1. The second kappa shape index (κ2) is 7.79. The van der Waals surface area contributed by atoms with Crippen LogP contribution in [0.15, 0.2) is 53.4 Å². The average Bonchev–Trinajstić information content (AvgIpc) is 2.53. The van der Waals surface area contributed by atoms with Gasteiger partial charge in [-0.2, -0.15) is 4.72 Å². The lowest BCUT2D eigenvalue weighted by molar-refractivity contribution is -0.117. The van der Waals surface area contributed by atoms with Gasteiger partial charge in [-0.1, -0.05) is 30.7 Å². The Balaban J connectivity index is 2.13. The van der Waals surface area contributed by atoms with Gasteiger partial charge in [-0.05, 0) is 55.3 Å². The van der Waals surface area contributed by atoms with Gasteiger partial charge in [-0.15, -0.1) is 0 Å². The molecule has 1 amide bonds. The van der Waals surface area contributed by atoms with Crippen molar-refractivity contribution in [3.8, 4) is 0 Å². The minimum atomic E-state index is -3.80. The lowest BCUT2D eigenvalue weighted by Crippen LogP contribution is -2.43. The molecule has 0 bridgehead atoms. The van der Waals surface area contributed by atoms with Gasteiger partial charge in [0.25, 0.3) is 0 Å². The number of carbonyl (C=O) groups is 1. The van der Waals surface area contributed by atoms with Gasteiger partial charge in [0.1, 0.15) is 6.04 Å². The zero-order valence-corrected chi connectivity index (χ0v) is 15.0. The SMILES string of the molecule is CCC(NS(=O)(=O)c1ccc(Cl)cc1)C(=O)Nc1cccc(C)c1. The third-order valence-electron chi connectivity index (χ3n) is 3.43. The molecule has 0 aliphatic rings. The predicted octanol–water partition coefficient (Wildman–Crippen LogP) is 3.34. The van der Waals surface area contributed by atoms with Crippen LogP contribution in [0.5, 0.6) is 0 Å². The van der Waals surface area contributed by atoms with Crippen LogP contribution in [0.2, 0.25) is 5.02 Å². The molecule has 0 aliphatic carbocycles. The summed E-state index contributed by atoms with van der Waals surface area (Å²) in [5.41, 5.74) is 1.63. The highest BCUT2D eigenvalue weighted by Gasteiger charge is 2.24. The fourth-order valence-electron chi connectivity index (χ4n) is 2.14. The highest BCUT2D eigenvalue weighted by atomic mass is 35.5. The van der Waals surface area contributed by atoms with Crippen molar-refractivity contribution >= 4 is 33.2 Å². The number of benzene rings is 2. The summed E-state index contributed by atoms with van der Waals surface area (Å²) in [6.45, 7) is 3.65. The molecule has 0 saturated carbocycles. The van der Waals surface area contributed by atoms with E-state index >= 15 is 0 Å². The molecule has 128 valence electrons. The molecule has 1 atom stereocenters. The summed E-state index contributed by atoms with van der Waals surface area (Å²) in [4.78, 5) is 12.4. The number of hydrogen-bond donors (Lipinski definition) is 2. The number of amides is 1. The Morgan fingerprint density at radius 2 is 1.83 bits per heavy atom. The average molecular weight is 367 g/mol. The number of aryl methyl sites for hydroxylation is 1. The maximum Gasteiger partial charge on any atom is 0.242 e. The van der Waals surface area contributed by atoms with Crippen LogP contribution in [0.1, 0.15) is 18.9 Å². The molecule has 24 heavy (non-hydrogen) atoms. The standard InChI is InChI=1S/C17H19ClN2O3S/c1-3-16(17(21)19-14-6-4-5-12(2)11-14)20-24(22,23)15-9-7-13(18)8-10-15/h4-11,16,20H,3H2,1-2H3,(H,19,21). The second-order valence-corrected chi connectivity index (χ2v) is 7.55. The number of rotatable bonds is 6. The molecular weight excluding hydrogens is 348 g/mol. The van der Waals surface area contributed by atoms with Gasteiger partial charge in [0.15, 0.2) is 0 Å². The highest BCUT2D eigenvalue weighted by molar-refractivity contribution is 7.89. The van der Waals surface area contributed by atoms with E-state index in [1.54, 1.807) is 13.0 Å². The van der Waals surface area contributed by atoms with Gasteiger partial charge in [0.2, 0.25) is 15.9 Å². The topological polar surface area (TPSA) is 75.3 Å². The van der Waals surface area contributed by atoms with Crippen LogP contribution >= 0.6 is 11.6 Å². The molecule has 0 aromatic heterocycles. The van der Waals surface area contributed by atoms with Gasteiger partial charge in [-0.3, -0.25) is 4.79 Å². The molecule has 0 spiro atoms. The van der Waals surface area contributed by atoms with Crippen LogP contribution < -0.4 is 10.0 Å². The largest absolute Gasteiger partial charge is 0.325 e. The fourth-order valence-corrected chi connectivity index (χ4v) is 3.55. The first-order valence-electron chi connectivity index (χ1n) is 7.47. The molecule has 1 unspecified atom stereocenters. The van der Waals surface area contributed by atoms with E-state index < -0.39 is 22.0 Å². The van der Waals surface area contributed by atoms with E-state index in [4.69, 9.17) is 11.6 Å². The molecule has 2 aromatic rings. The third-order valence-corrected chi connectivity index (χ3v) is 5.17. The van der Waals surface area contributed by atoms with E-state index in [1.165, 1.54) is 24.3 Å². The van der Waals surface area contributed by atoms with Crippen molar-refractivity contribution in [2.75, 3.05) is 5.32 Å². The van der Waals surface area contributed by atoms with Gasteiger partial charge in [0.05, 0.1) is 4.90 Å². The zero-order chi connectivity index (χ0) is 17.7. The van der Waals surface area contributed by atoms with Gasteiger partial charge < -0.3 is 5.32 Å². The molecule has 2 N–H and O–H groups in total. The highest BCUT2D eigenvalue weighted by Crippen LogP contribution is 2.15. The predicted molar refractivity (Wildman–Crippen MR) is 95.7 cm³/mol. The molecular formula is C17H19ClN2O3S. The van der Waals surface area contributed by atoms with E-state index in [0.717, 1.165) is 5.56 Å². The van der Waals surface area contributed by atoms with E-state index in [-0.39, 0.29) is 4.90 Å². The molecule has 5 nitrogen and oxygen atoms in total. The number of nitrogens with one attached hydrogen (secondary N) is 2. The van der Waals surface area contributed by atoms with E-state index in [0.29, 0.717) is 17.1 Å². The minimum Gasteiger partial charge on any atom is -0.325 e. The van der Waals surface area contributed by atoms with Gasteiger partial charge >= 0.3 is 0 Å². The second-order valence-electron chi connectivity index (χ2n) is 5.39. The maximum absolute atomic E-state index is 12.4. The van der Waals surface area contributed by atoms with Crippen molar-refractivity contribution < 1.29 is 13.2 Å². The third kappa shape index (κ3) is 4.80. The zero-order valence-electron chi connectivity index (χ0n) is 13.4. The van der Waals surface area contributed by atoms with Crippen LogP contribution in [0.3, 0.4) is 0 Å². The molecule has 0 fully saturated rings. The Morgan fingerprint density at radius 1 is 1.17 bits per heavy atom. The summed E-state index contributed by atoms with van der Waals surface area (Å²) in [6, 6.07) is 12.2. The maximum atomic E-state index is 12.4. The summed E-state index contributed by atoms with van der Waals surface area (Å²) >= 11 is 5.77. The Morgan fingerprint density at radius 3 is 2.42 bits per heavy atom. The lowest BCUT2D eigenvalue weighted by Gasteiger charge is -2.17. The summed E-state index contributed by atoms with van der Waals surface area (Å²) in [7, 11) is -3.80. The number of sulfonamides is 1. The van der Waals surface area contributed by atoms with Crippen LogP contribution in [0.4, 0.5) is 5.69 Å². The van der Waals surface area contributed by atoms with Crippen LogP contribution in [-0.2, 0) is 14.8 Å². The first-order chi connectivity index (χ1) is 11.3. The number of carbonyl (C=O) groups excluding carboxylic acids is 1. The van der Waals surface area contributed by atoms with Crippen molar-refractivity contribution in [3.05, 3.63) is 59.1 Å². The van der Waals surface area contributed by atoms with Crippen molar-refractivity contribution in [2.45, 2.75) is 31.2 Å². The summed E-state index contributed by atoms with van der Waals surface area (Å²) in [6.07, 6.45) is 0.324. The molecule has 0 aliphatic heterocycles. The molecule has 0 heterocycles. The number of hydrogen-bond acceptors (Lipinski definition) is 3. The summed E-state index contributed by atoms with van der Waals surface area (Å²) in [5.74, 6) is -0.402. The fraction of sp³-hybridized carbons (Fsp3) is 0.235. The molecule has 2 rings (SSSR count). The summed E-state index contributed by atoms with van der Waals surface area (Å²) in [5, 5.41) is 3.17. The molecule has 0 saturated heterocycles. The van der Waals surface area contributed by atoms with Crippen LogP contribution in [0, 0.1) is 6.92 Å². The van der Waals surface area contributed by atoms with Crippen molar-refractivity contribution in [1.82, 2.24) is 4.72 Å². The Kier molecular flexibility index (Phi) is 5.99. The first-order valence-corrected chi connectivity index (χ1v) is 9.33. The van der Waals surface area contributed by atoms with Gasteiger partial charge in [-0.25, -0.2) is 8.42 Å². The van der Waals surface area contributed by atoms with Crippen LogP contribution in [-0.4, -0.2) is 20.4 Å². The smallest absolute Gasteiger partial charge is 0.242 e. The summed E-state index contributed by atoms with van der Waals surface area (Å²) < 4.78 is 27.2. The molecule has 2 aromatic carbocycles. The van der Waals surface area contributed by atoms with E-state index in [2.05, 4.69) is 10.0 Å². The quantitative estimate of drug-likeness (QED) is 0.823. The Labute approximate surface area is 147 Å². The van der Waals surface area contributed by atoms with Crippen LogP contribution in [0.25, 0.3) is 0 Å². The number of halogens is 1. The lowest BCUT2D eigenvalue weighted by atomic mass is 10.2. The van der Waals surface area contributed by atoms with E-state index in [1.807, 2.05) is 25.1 Å². The monoisotopic (exact) mass is 366 g/mol. The van der Waals surface area contributed by atoms with Gasteiger partial charge in [0, 0.05) is 10.7 Å². The van der Waals surface area contributed by atoms with Crippen molar-refractivity contribution in [1.29, 1.82) is 0 Å². The van der Waals surface area contributed by atoms with Crippen molar-refractivity contribution in [3.63, 3.8) is 0 Å². The first kappa shape index (κ1) is 18.4. The minimum absolute atomic E-state index is 0.0636. The molecule has 0 radical (unpaired) electrons.